The van der Waals surface area contributed by atoms with E-state index in [1.54, 1.807) is 0 Å². The van der Waals surface area contributed by atoms with E-state index in [2.05, 4.69) is 0 Å². The van der Waals surface area contributed by atoms with Crippen LogP contribution in [0, 0.1) is 0 Å². The monoisotopic (exact) mass is 233 g/mol. The molecule has 0 aliphatic carbocycles. The molecule has 8 heteroatoms. The van der Waals surface area contributed by atoms with Crippen LogP contribution in [0.5, 0.6) is 0 Å². The van der Waals surface area contributed by atoms with Crippen LogP contribution in [-0.4, -0.2) is 47.0 Å². The van der Waals surface area contributed by atoms with E-state index < -0.39 is 37.0 Å². The number of carboxylic acids is 1. The molecule has 0 aromatic heterocycles. The van der Waals surface area contributed by atoms with Crippen LogP contribution in [0.1, 0.15) is 0 Å². The second-order valence-corrected chi connectivity index (χ2v) is 2.66. The molecule has 0 bridgehead atoms. The molecule has 0 saturated heterocycles. The van der Waals surface area contributed by atoms with Gasteiger partial charge in [-0.05, 0) is 0 Å². The van der Waals surface area contributed by atoms with E-state index in [0.717, 1.165) is 0 Å². The lowest BCUT2D eigenvalue weighted by Crippen LogP contribution is -2.42. The summed E-state index contributed by atoms with van der Waals surface area (Å²) >= 11 is 5.01. The summed E-state index contributed by atoms with van der Waals surface area (Å²) in [7, 11) is 0. The molecular weight excluding hydrogens is 227 g/mol. The second-order valence-electron chi connectivity index (χ2n) is 2.39. The Balaban J connectivity index is 4.40. The van der Waals surface area contributed by atoms with Gasteiger partial charge in [-0.1, -0.05) is 0 Å². The van der Waals surface area contributed by atoms with E-state index >= 15 is 0 Å². The zero-order valence-electron chi connectivity index (χ0n) is 6.84. The number of halogens is 4. The molecule has 0 atom stereocenters. The van der Waals surface area contributed by atoms with Gasteiger partial charge in [0.05, 0.1) is 0 Å². The van der Waals surface area contributed by atoms with Crippen LogP contribution < -0.4 is 0 Å². The number of rotatable bonds is 4. The SMILES string of the molecule is O=C(O)CN(CC(F)(F)F)C(=O)CCl. The molecule has 82 valence electrons. The Morgan fingerprint density at radius 1 is 1.36 bits per heavy atom. The lowest BCUT2D eigenvalue weighted by Gasteiger charge is -2.20. The smallest absolute Gasteiger partial charge is 0.406 e. The van der Waals surface area contributed by atoms with Crippen molar-refractivity contribution >= 4 is 23.5 Å². The maximum absolute atomic E-state index is 11.8. The molecule has 0 radical (unpaired) electrons. The molecule has 0 rings (SSSR count). The zero-order valence-corrected chi connectivity index (χ0v) is 7.60. The van der Waals surface area contributed by atoms with Crippen LogP contribution in [-0.2, 0) is 9.59 Å². The quantitative estimate of drug-likeness (QED) is 0.728. The molecule has 1 amide bonds. The molecule has 14 heavy (non-hydrogen) atoms. The van der Waals surface area contributed by atoms with Crippen molar-refractivity contribution in [1.82, 2.24) is 4.90 Å². The molecule has 0 aliphatic heterocycles. The number of nitrogens with zero attached hydrogens (tertiary/aromatic N) is 1. The molecule has 0 saturated carbocycles. The standard InChI is InChI=1S/C6H7ClF3NO3/c7-1-4(12)11(2-5(13)14)3-6(8,9)10/h1-3H2,(H,13,14). The molecule has 4 nitrogen and oxygen atoms in total. The minimum absolute atomic E-state index is 0.134. The number of carboxylic acid groups (broad SMARTS) is 1. The summed E-state index contributed by atoms with van der Waals surface area (Å²) in [6, 6.07) is 0. The summed E-state index contributed by atoms with van der Waals surface area (Å²) in [5.74, 6) is -3.26. The van der Waals surface area contributed by atoms with Crippen LogP contribution in [0.2, 0.25) is 0 Å². The highest BCUT2D eigenvalue weighted by Gasteiger charge is 2.33. The van der Waals surface area contributed by atoms with Crippen LogP contribution in [0.4, 0.5) is 13.2 Å². The van der Waals surface area contributed by atoms with E-state index in [4.69, 9.17) is 16.7 Å². The van der Waals surface area contributed by atoms with Crippen LogP contribution in [0.25, 0.3) is 0 Å². The van der Waals surface area contributed by atoms with Gasteiger partial charge in [-0.3, -0.25) is 9.59 Å². The molecule has 0 spiro atoms. The molecular formula is C6H7ClF3NO3. The number of aliphatic carboxylic acids is 1. The minimum Gasteiger partial charge on any atom is -0.480 e. The second kappa shape index (κ2) is 5.04. The van der Waals surface area contributed by atoms with E-state index in [1.165, 1.54) is 0 Å². The number of carbonyl (C=O) groups is 2. The fourth-order valence-corrected chi connectivity index (χ4v) is 0.865. The van der Waals surface area contributed by atoms with E-state index in [0.29, 0.717) is 0 Å². The first-order chi connectivity index (χ1) is 6.26. The summed E-state index contributed by atoms with van der Waals surface area (Å²) in [5.41, 5.74) is 0. The highest BCUT2D eigenvalue weighted by Crippen LogP contribution is 2.16. The van der Waals surface area contributed by atoms with Gasteiger partial charge in [0.25, 0.3) is 0 Å². The molecule has 0 unspecified atom stereocenters. The number of hydrogen-bond donors (Lipinski definition) is 1. The van der Waals surface area contributed by atoms with Crippen molar-refractivity contribution in [3.8, 4) is 0 Å². The van der Waals surface area contributed by atoms with Gasteiger partial charge < -0.3 is 10.0 Å². The predicted octanol–water partition coefficient (Wildman–Crippen LogP) is 0.701. The summed E-state index contributed by atoms with van der Waals surface area (Å²) in [6.45, 7) is -2.62. The van der Waals surface area contributed by atoms with Crippen molar-refractivity contribution in [2.75, 3.05) is 19.0 Å². The van der Waals surface area contributed by atoms with Gasteiger partial charge in [0.1, 0.15) is 19.0 Å². The highest BCUT2D eigenvalue weighted by atomic mass is 35.5. The lowest BCUT2D eigenvalue weighted by atomic mass is 10.4. The fourth-order valence-electron chi connectivity index (χ4n) is 0.696. The Kier molecular flexibility index (Phi) is 4.69. The Morgan fingerprint density at radius 3 is 2.14 bits per heavy atom. The summed E-state index contributed by atoms with van der Waals surface area (Å²) < 4.78 is 35.5. The van der Waals surface area contributed by atoms with Crippen molar-refractivity contribution in [1.29, 1.82) is 0 Å². The van der Waals surface area contributed by atoms with E-state index in [-0.39, 0.29) is 4.90 Å². The summed E-state index contributed by atoms with van der Waals surface area (Å²) in [4.78, 5) is 21.0. The normalized spacial score (nSPS) is 11.1. The van der Waals surface area contributed by atoms with Crippen LogP contribution in [0.15, 0.2) is 0 Å². The van der Waals surface area contributed by atoms with Gasteiger partial charge in [-0.25, -0.2) is 0 Å². The average Bonchev–Trinajstić information content (AvgIpc) is 1.98. The number of carbonyl (C=O) groups excluding carboxylic acids is 1. The lowest BCUT2D eigenvalue weighted by molar-refractivity contribution is -0.164. The first kappa shape index (κ1) is 13.0. The third-order valence-electron chi connectivity index (χ3n) is 1.16. The van der Waals surface area contributed by atoms with Crippen LogP contribution >= 0.6 is 11.6 Å². The van der Waals surface area contributed by atoms with Crippen molar-refractivity contribution in [2.24, 2.45) is 0 Å². The Hall–Kier alpha value is -0.980. The minimum atomic E-state index is -4.63. The molecule has 0 fully saturated rings. The number of alkyl halides is 4. The Morgan fingerprint density at radius 2 is 1.86 bits per heavy atom. The third kappa shape index (κ3) is 5.63. The van der Waals surface area contributed by atoms with Crippen molar-refractivity contribution < 1.29 is 27.9 Å². The van der Waals surface area contributed by atoms with E-state index in [9.17, 15) is 22.8 Å². The van der Waals surface area contributed by atoms with Gasteiger partial charge >= 0.3 is 12.1 Å². The highest BCUT2D eigenvalue weighted by molar-refractivity contribution is 6.27. The maximum Gasteiger partial charge on any atom is 0.406 e. The van der Waals surface area contributed by atoms with E-state index in [1.807, 2.05) is 0 Å². The number of amides is 1. The number of hydrogen-bond acceptors (Lipinski definition) is 2. The largest absolute Gasteiger partial charge is 0.480 e. The molecule has 1 N–H and O–H groups in total. The van der Waals surface area contributed by atoms with Gasteiger partial charge in [-0.15, -0.1) is 11.6 Å². The van der Waals surface area contributed by atoms with Gasteiger partial charge in [0.15, 0.2) is 0 Å². The molecule has 0 heterocycles. The van der Waals surface area contributed by atoms with Crippen molar-refractivity contribution in [2.45, 2.75) is 6.18 Å². The van der Waals surface area contributed by atoms with Crippen molar-refractivity contribution in [3.63, 3.8) is 0 Å². The van der Waals surface area contributed by atoms with Gasteiger partial charge in [0.2, 0.25) is 5.91 Å². The molecule has 0 aliphatic rings. The molecule has 0 aromatic rings. The summed E-state index contributed by atoms with van der Waals surface area (Å²) in [5, 5.41) is 8.22. The maximum atomic E-state index is 11.8. The first-order valence-corrected chi connectivity index (χ1v) is 3.92. The van der Waals surface area contributed by atoms with Gasteiger partial charge in [-0.2, -0.15) is 13.2 Å². The van der Waals surface area contributed by atoms with Crippen molar-refractivity contribution in [3.05, 3.63) is 0 Å². The first-order valence-electron chi connectivity index (χ1n) is 3.38. The zero-order chi connectivity index (χ0) is 11.4. The fraction of sp³-hybridized carbons (Fsp3) is 0.667. The summed E-state index contributed by atoms with van der Waals surface area (Å²) in [6.07, 6.45) is -4.63. The average molecular weight is 234 g/mol. The van der Waals surface area contributed by atoms with Crippen LogP contribution in [0.3, 0.4) is 0 Å². The topological polar surface area (TPSA) is 57.6 Å². The van der Waals surface area contributed by atoms with Gasteiger partial charge in [0, 0.05) is 0 Å². The third-order valence-corrected chi connectivity index (χ3v) is 1.39. The molecule has 0 aromatic carbocycles. The predicted molar refractivity (Wildman–Crippen MR) is 41.0 cm³/mol. The Bertz CT molecular complexity index is 231. The Labute approximate surface area is 82.2 Å².